The highest BCUT2D eigenvalue weighted by Gasteiger charge is 2.30. The summed E-state index contributed by atoms with van der Waals surface area (Å²) in [6.45, 7) is 0. The first-order chi connectivity index (χ1) is 17.2. The molecule has 3 aromatic carbocycles. The molecule has 0 aliphatic heterocycles. The number of halogens is 6. The van der Waals surface area contributed by atoms with Gasteiger partial charge in [-0.15, -0.1) is 13.2 Å². The normalized spacial score (nSPS) is 11.5. The molecule has 0 saturated heterocycles. The van der Waals surface area contributed by atoms with Crippen LogP contribution < -0.4 is 15.5 Å². The molecule has 0 spiro atoms. The second-order valence-corrected chi connectivity index (χ2v) is 8.02. The lowest BCUT2D eigenvalue weighted by atomic mass is 10.1. The number of anilines is 3. The van der Waals surface area contributed by atoms with E-state index in [1.807, 2.05) is 0 Å². The molecule has 0 bridgehead atoms. The number of ether oxygens (including phenoxy) is 1. The third-order valence-corrected chi connectivity index (χ3v) is 5.12. The molecule has 4 aromatic rings. The molecule has 0 atom stereocenters. The van der Waals surface area contributed by atoms with Gasteiger partial charge in [-0.25, -0.2) is 14.8 Å². The van der Waals surface area contributed by atoms with Gasteiger partial charge in [0.2, 0.25) is 5.95 Å². The number of hydrazone groups is 1. The number of rotatable bonds is 7. The molecule has 0 radical (unpaired) electrons. The maximum Gasteiger partial charge on any atom is 0.573 e. The Kier molecular flexibility index (Phi) is 7.56. The highest BCUT2D eigenvalue weighted by molar-refractivity contribution is 6.33. The van der Waals surface area contributed by atoms with Gasteiger partial charge < -0.3 is 10.1 Å². The second kappa shape index (κ2) is 10.8. The summed E-state index contributed by atoms with van der Waals surface area (Å²) in [6.07, 6.45) is -3.44. The Bertz CT molecular complexity index is 1360. The average Bonchev–Trinajstić information content (AvgIpc) is 2.81. The van der Waals surface area contributed by atoms with Crippen molar-refractivity contribution in [1.82, 2.24) is 9.97 Å². The van der Waals surface area contributed by atoms with E-state index in [1.165, 1.54) is 42.6 Å². The molecular weight excluding hydrogens is 521 g/mol. The van der Waals surface area contributed by atoms with Crippen LogP contribution in [0, 0.1) is 5.82 Å². The molecule has 12 heteroatoms. The highest BCUT2D eigenvalue weighted by Crippen LogP contribution is 2.32. The Morgan fingerprint density at radius 1 is 0.917 bits per heavy atom. The van der Waals surface area contributed by atoms with E-state index in [9.17, 15) is 17.6 Å². The number of nitrogens with one attached hydrogen (secondary N) is 2. The van der Waals surface area contributed by atoms with Crippen LogP contribution >= 0.6 is 23.2 Å². The Labute approximate surface area is 212 Å². The van der Waals surface area contributed by atoms with Crippen LogP contribution in [0.2, 0.25) is 10.0 Å². The lowest BCUT2D eigenvalue weighted by Crippen LogP contribution is -2.17. The van der Waals surface area contributed by atoms with Crippen LogP contribution in [0.15, 0.2) is 77.9 Å². The van der Waals surface area contributed by atoms with Gasteiger partial charge in [0.05, 0.1) is 22.5 Å². The molecule has 0 aliphatic rings. The standard InChI is InChI=1S/C24H15Cl2F4N5O/c25-15-6-8-16(9-7-15)32-21-12-20(22-18(26)2-1-3-19(22)27)33-23(34-21)35-31-13-14-4-10-17(11-5-14)36-24(28,29)30/h1-13H,(H2,32,33,34,35). The first kappa shape index (κ1) is 25.2. The van der Waals surface area contributed by atoms with Crippen molar-refractivity contribution in [3.63, 3.8) is 0 Å². The van der Waals surface area contributed by atoms with Gasteiger partial charge in [-0.1, -0.05) is 29.3 Å². The topological polar surface area (TPSA) is 71.4 Å². The molecule has 1 aromatic heterocycles. The average molecular weight is 536 g/mol. The molecule has 184 valence electrons. The molecule has 0 amide bonds. The maximum absolute atomic E-state index is 14.6. The van der Waals surface area contributed by atoms with Crippen LogP contribution in [-0.2, 0) is 0 Å². The van der Waals surface area contributed by atoms with Gasteiger partial charge >= 0.3 is 6.36 Å². The quantitative estimate of drug-likeness (QED) is 0.144. The van der Waals surface area contributed by atoms with Crippen molar-refractivity contribution in [3.8, 4) is 17.0 Å². The fourth-order valence-electron chi connectivity index (χ4n) is 3.03. The second-order valence-electron chi connectivity index (χ2n) is 7.18. The molecule has 6 nitrogen and oxygen atoms in total. The van der Waals surface area contributed by atoms with Crippen molar-refractivity contribution in [2.75, 3.05) is 10.7 Å². The monoisotopic (exact) mass is 535 g/mol. The number of hydrogen-bond acceptors (Lipinski definition) is 6. The first-order valence-corrected chi connectivity index (χ1v) is 10.9. The van der Waals surface area contributed by atoms with Crippen molar-refractivity contribution in [3.05, 3.63) is 94.2 Å². The predicted octanol–water partition coefficient (Wildman–Crippen LogP) is 7.68. The van der Waals surface area contributed by atoms with E-state index in [0.717, 1.165) is 12.1 Å². The Morgan fingerprint density at radius 3 is 2.31 bits per heavy atom. The maximum atomic E-state index is 14.6. The summed E-state index contributed by atoms with van der Waals surface area (Å²) in [4.78, 5) is 8.63. The van der Waals surface area contributed by atoms with E-state index in [-0.39, 0.29) is 28.0 Å². The number of benzene rings is 3. The first-order valence-electron chi connectivity index (χ1n) is 10.2. The van der Waals surface area contributed by atoms with Gasteiger partial charge in [0.15, 0.2) is 0 Å². The van der Waals surface area contributed by atoms with Crippen molar-refractivity contribution in [2.45, 2.75) is 6.36 Å². The van der Waals surface area contributed by atoms with Crippen molar-refractivity contribution in [2.24, 2.45) is 5.10 Å². The Morgan fingerprint density at radius 2 is 1.64 bits per heavy atom. The van der Waals surface area contributed by atoms with E-state index in [1.54, 1.807) is 24.3 Å². The molecule has 0 fully saturated rings. The van der Waals surface area contributed by atoms with Gasteiger partial charge in [-0.3, -0.25) is 0 Å². The molecule has 4 rings (SSSR count). The third kappa shape index (κ3) is 6.83. The zero-order chi connectivity index (χ0) is 25.7. The van der Waals surface area contributed by atoms with Crippen molar-refractivity contribution in [1.29, 1.82) is 0 Å². The summed E-state index contributed by atoms with van der Waals surface area (Å²) < 4.78 is 55.3. The Hall–Kier alpha value is -3.89. The van der Waals surface area contributed by atoms with Crippen LogP contribution in [-0.4, -0.2) is 22.5 Å². The van der Waals surface area contributed by atoms with E-state index in [4.69, 9.17) is 23.2 Å². The minimum atomic E-state index is -4.78. The van der Waals surface area contributed by atoms with Crippen molar-refractivity contribution >= 4 is 46.9 Å². The molecular formula is C24H15Cl2F4N5O. The van der Waals surface area contributed by atoms with Crippen molar-refractivity contribution < 1.29 is 22.3 Å². The van der Waals surface area contributed by atoms with Gasteiger partial charge in [0.1, 0.15) is 17.4 Å². The molecule has 36 heavy (non-hydrogen) atoms. The minimum absolute atomic E-state index is 0.0107. The molecule has 0 unspecified atom stereocenters. The predicted molar refractivity (Wildman–Crippen MR) is 132 cm³/mol. The van der Waals surface area contributed by atoms with Crippen LogP contribution in [0.3, 0.4) is 0 Å². The summed E-state index contributed by atoms with van der Waals surface area (Å²) in [6, 6.07) is 17.7. The zero-order valence-electron chi connectivity index (χ0n) is 18.0. The van der Waals surface area contributed by atoms with Crippen LogP contribution in [0.5, 0.6) is 5.75 Å². The molecule has 1 heterocycles. The third-order valence-electron chi connectivity index (χ3n) is 4.55. The number of alkyl halides is 3. The fraction of sp³-hybridized carbons (Fsp3) is 0.0417. The molecule has 0 aliphatic carbocycles. The molecule has 0 saturated carbocycles. The Balaban J connectivity index is 1.60. The van der Waals surface area contributed by atoms with Gasteiger partial charge in [-0.05, 0) is 66.2 Å². The van der Waals surface area contributed by atoms with E-state index in [2.05, 4.69) is 30.5 Å². The summed E-state index contributed by atoms with van der Waals surface area (Å²) in [7, 11) is 0. The summed E-state index contributed by atoms with van der Waals surface area (Å²) in [5.41, 5.74) is 4.05. The minimum Gasteiger partial charge on any atom is -0.406 e. The largest absolute Gasteiger partial charge is 0.573 e. The van der Waals surface area contributed by atoms with Gasteiger partial charge in [0, 0.05) is 16.8 Å². The lowest BCUT2D eigenvalue weighted by molar-refractivity contribution is -0.274. The lowest BCUT2D eigenvalue weighted by Gasteiger charge is -2.11. The number of aromatic nitrogens is 2. The van der Waals surface area contributed by atoms with E-state index in [0.29, 0.717) is 22.1 Å². The van der Waals surface area contributed by atoms with E-state index >= 15 is 0 Å². The molecule has 2 N–H and O–H groups in total. The summed E-state index contributed by atoms with van der Waals surface area (Å²) in [5.74, 6) is -0.609. The van der Waals surface area contributed by atoms with Gasteiger partial charge in [0.25, 0.3) is 0 Å². The van der Waals surface area contributed by atoms with Crippen LogP contribution in [0.1, 0.15) is 5.56 Å². The number of nitrogens with zero attached hydrogens (tertiary/aromatic N) is 3. The number of hydrogen-bond donors (Lipinski definition) is 2. The SMILES string of the molecule is Fc1cccc(Cl)c1-c1cc(Nc2ccc(Cl)cc2)nc(NN=Cc2ccc(OC(F)(F)F)cc2)n1. The van der Waals surface area contributed by atoms with Crippen LogP contribution in [0.25, 0.3) is 11.3 Å². The van der Waals surface area contributed by atoms with Gasteiger partial charge in [-0.2, -0.15) is 10.1 Å². The summed E-state index contributed by atoms with van der Waals surface area (Å²) >= 11 is 12.1. The highest BCUT2D eigenvalue weighted by atomic mass is 35.5. The van der Waals surface area contributed by atoms with E-state index < -0.39 is 12.2 Å². The summed E-state index contributed by atoms with van der Waals surface area (Å²) in [5, 5.41) is 7.81. The fourth-order valence-corrected chi connectivity index (χ4v) is 3.42. The zero-order valence-corrected chi connectivity index (χ0v) is 19.5. The van der Waals surface area contributed by atoms with Crippen LogP contribution in [0.4, 0.5) is 35.0 Å². The smallest absolute Gasteiger partial charge is 0.406 e.